The van der Waals surface area contributed by atoms with Crippen LogP contribution in [0.3, 0.4) is 0 Å². The second-order valence-corrected chi connectivity index (χ2v) is 4.23. The summed E-state index contributed by atoms with van der Waals surface area (Å²) in [5.41, 5.74) is 0. The molecule has 1 fully saturated rings. The third-order valence-corrected chi connectivity index (χ3v) is 2.77. The van der Waals surface area contributed by atoms with Crippen molar-refractivity contribution >= 4 is 0 Å². The van der Waals surface area contributed by atoms with Crippen LogP contribution in [0.25, 0.3) is 0 Å². The number of hydrogen-bond donors (Lipinski definition) is 1. The lowest BCUT2D eigenvalue weighted by molar-refractivity contribution is -0.0218. The zero-order valence-electron chi connectivity index (χ0n) is 10.6. The maximum atomic E-state index is 5.65. The molecular weight excluding hydrogens is 208 g/mol. The number of morpholine rings is 1. The maximum absolute atomic E-state index is 5.65. The highest BCUT2D eigenvalue weighted by Crippen LogP contribution is 2.01. The Labute approximate surface area is 98.0 Å². The van der Waals surface area contributed by atoms with Gasteiger partial charge in [-0.1, -0.05) is 0 Å². The van der Waals surface area contributed by atoms with Gasteiger partial charge in [0, 0.05) is 40.4 Å². The highest BCUT2D eigenvalue weighted by Gasteiger charge is 2.17. The molecule has 0 aromatic heterocycles. The fraction of sp³-hybridized carbons (Fsp3) is 1.00. The van der Waals surface area contributed by atoms with E-state index in [1.165, 1.54) is 0 Å². The molecule has 1 aliphatic heterocycles. The van der Waals surface area contributed by atoms with Gasteiger partial charge in [0.05, 0.1) is 25.4 Å². The van der Waals surface area contributed by atoms with Crippen molar-refractivity contribution in [1.82, 2.24) is 10.2 Å². The van der Waals surface area contributed by atoms with Gasteiger partial charge < -0.3 is 24.4 Å². The quantitative estimate of drug-likeness (QED) is 0.645. The molecule has 1 saturated heterocycles. The summed E-state index contributed by atoms with van der Waals surface area (Å²) < 4.78 is 16.0. The molecule has 1 rings (SSSR count). The van der Waals surface area contributed by atoms with Gasteiger partial charge in [-0.2, -0.15) is 0 Å². The number of hydrogen-bond acceptors (Lipinski definition) is 5. The first-order chi connectivity index (χ1) is 7.76. The van der Waals surface area contributed by atoms with Crippen molar-refractivity contribution in [3.8, 4) is 0 Å². The van der Waals surface area contributed by atoms with Crippen LogP contribution in [0.15, 0.2) is 0 Å². The molecule has 0 aromatic rings. The Morgan fingerprint density at radius 2 is 2.31 bits per heavy atom. The minimum atomic E-state index is 0.117. The van der Waals surface area contributed by atoms with E-state index in [-0.39, 0.29) is 6.10 Å². The van der Waals surface area contributed by atoms with Crippen molar-refractivity contribution in [2.75, 3.05) is 60.7 Å². The molecule has 1 N–H and O–H groups in total. The molecule has 0 spiro atoms. The molecule has 0 amide bonds. The Morgan fingerprint density at radius 3 is 2.94 bits per heavy atom. The van der Waals surface area contributed by atoms with E-state index in [4.69, 9.17) is 14.2 Å². The van der Waals surface area contributed by atoms with Crippen LogP contribution in [0.2, 0.25) is 0 Å². The largest absolute Gasteiger partial charge is 0.382 e. The summed E-state index contributed by atoms with van der Waals surface area (Å²) in [6.45, 7) is 5.14. The molecule has 0 saturated carbocycles. The van der Waals surface area contributed by atoms with Gasteiger partial charge >= 0.3 is 0 Å². The summed E-state index contributed by atoms with van der Waals surface area (Å²) in [6, 6.07) is 0. The van der Waals surface area contributed by atoms with E-state index in [0.29, 0.717) is 12.7 Å². The number of rotatable bonds is 7. The fourth-order valence-corrected chi connectivity index (χ4v) is 1.79. The average Bonchev–Trinajstić information content (AvgIpc) is 2.28. The van der Waals surface area contributed by atoms with Gasteiger partial charge in [0.2, 0.25) is 0 Å². The molecule has 96 valence electrons. The third-order valence-electron chi connectivity index (χ3n) is 2.77. The molecule has 5 heteroatoms. The van der Waals surface area contributed by atoms with Crippen LogP contribution in [0.4, 0.5) is 0 Å². The van der Waals surface area contributed by atoms with E-state index in [0.717, 1.165) is 32.8 Å². The summed E-state index contributed by atoms with van der Waals surface area (Å²) in [7, 11) is 5.51. The van der Waals surface area contributed by atoms with Crippen LogP contribution in [0.5, 0.6) is 0 Å². The first-order valence-corrected chi connectivity index (χ1v) is 5.79. The topological polar surface area (TPSA) is 43.0 Å². The predicted molar refractivity (Wildman–Crippen MR) is 62.8 cm³/mol. The van der Waals surface area contributed by atoms with Crippen molar-refractivity contribution in [2.24, 2.45) is 0 Å². The van der Waals surface area contributed by atoms with Crippen molar-refractivity contribution < 1.29 is 14.2 Å². The molecule has 2 atom stereocenters. The molecule has 1 heterocycles. The number of methoxy groups -OCH3 is 2. The Kier molecular flexibility index (Phi) is 6.91. The maximum Gasteiger partial charge on any atom is 0.0928 e. The van der Waals surface area contributed by atoms with Gasteiger partial charge in [-0.3, -0.25) is 0 Å². The summed E-state index contributed by atoms with van der Waals surface area (Å²) in [5, 5.41) is 3.35. The molecule has 5 nitrogen and oxygen atoms in total. The van der Waals surface area contributed by atoms with Gasteiger partial charge in [-0.25, -0.2) is 0 Å². The van der Waals surface area contributed by atoms with Crippen molar-refractivity contribution in [1.29, 1.82) is 0 Å². The van der Waals surface area contributed by atoms with Crippen LogP contribution >= 0.6 is 0 Å². The molecule has 1 aliphatic rings. The summed E-state index contributed by atoms with van der Waals surface area (Å²) in [4.78, 5) is 2.29. The third kappa shape index (κ3) is 5.23. The van der Waals surface area contributed by atoms with E-state index in [9.17, 15) is 0 Å². The van der Waals surface area contributed by atoms with Crippen LogP contribution in [-0.2, 0) is 14.2 Å². The van der Waals surface area contributed by atoms with Gasteiger partial charge in [0.1, 0.15) is 0 Å². The molecule has 0 bridgehead atoms. The Balaban J connectivity index is 2.09. The molecule has 0 aliphatic carbocycles. The van der Waals surface area contributed by atoms with Gasteiger partial charge in [-0.05, 0) is 7.05 Å². The second kappa shape index (κ2) is 7.97. The van der Waals surface area contributed by atoms with Crippen molar-refractivity contribution in [3.63, 3.8) is 0 Å². The summed E-state index contributed by atoms with van der Waals surface area (Å²) in [5.74, 6) is 0. The summed E-state index contributed by atoms with van der Waals surface area (Å²) >= 11 is 0. The lowest BCUT2D eigenvalue weighted by Gasteiger charge is -2.30. The van der Waals surface area contributed by atoms with Crippen LogP contribution in [0.1, 0.15) is 0 Å². The second-order valence-electron chi connectivity index (χ2n) is 4.23. The average molecular weight is 232 g/mol. The minimum Gasteiger partial charge on any atom is -0.382 e. The Morgan fingerprint density at radius 1 is 1.50 bits per heavy atom. The first-order valence-electron chi connectivity index (χ1n) is 5.79. The first kappa shape index (κ1) is 13.9. The van der Waals surface area contributed by atoms with E-state index < -0.39 is 0 Å². The fourth-order valence-electron chi connectivity index (χ4n) is 1.79. The normalized spacial score (nSPS) is 24.6. The SMILES string of the molecule is COCC(CNCC1CN(C)CCO1)OC. The standard InChI is InChI=1S/C11H24N2O3/c1-13-4-5-16-10(8-13)6-12-7-11(15-3)9-14-2/h10-12H,4-9H2,1-3H3. The zero-order valence-corrected chi connectivity index (χ0v) is 10.6. The molecule has 0 radical (unpaired) electrons. The Bertz CT molecular complexity index is 181. The van der Waals surface area contributed by atoms with Crippen molar-refractivity contribution in [2.45, 2.75) is 12.2 Å². The van der Waals surface area contributed by atoms with E-state index in [1.54, 1.807) is 14.2 Å². The van der Waals surface area contributed by atoms with Gasteiger partial charge in [0.25, 0.3) is 0 Å². The van der Waals surface area contributed by atoms with Crippen LogP contribution in [0, 0.1) is 0 Å². The summed E-state index contributed by atoms with van der Waals surface area (Å²) in [6.07, 6.45) is 0.408. The number of likely N-dealkylation sites (N-methyl/N-ethyl adjacent to an activating group) is 1. The number of nitrogens with zero attached hydrogens (tertiary/aromatic N) is 1. The highest BCUT2D eigenvalue weighted by molar-refractivity contribution is 4.72. The van der Waals surface area contributed by atoms with Crippen LogP contribution in [-0.4, -0.2) is 77.8 Å². The number of ether oxygens (including phenoxy) is 3. The van der Waals surface area contributed by atoms with E-state index in [1.807, 2.05) is 0 Å². The van der Waals surface area contributed by atoms with Crippen molar-refractivity contribution in [3.05, 3.63) is 0 Å². The minimum absolute atomic E-state index is 0.117. The Hall–Kier alpha value is -0.200. The smallest absolute Gasteiger partial charge is 0.0928 e. The van der Waals surface area contributed by atoms with E-state index in [2.05, 4.69) is 17.3 Å². The lowest BCUT2D eigenvalue weighted by Crippen LogP contribution is -2.46. The van der Waals surface area contributed by atoms with E-state index >= 15 is 0 Å². The monoisotopic (exact) mass is 232 g/mol. The highest BCUT2D eigenvalue weighted by atomic mass is 16.5. The van der Waals surface area contributed by atoms with Gasteiger partial charge in [0.15, 0.2) is 0 Å². The molecular formula is C11H24N2O3. The molecule has 2 unspecified atom stereocenters. The van der Waals surface area contributed by atoms with Crippen LogP contribution < -0.4 is 5.32 Å². The molecule has 0 aromatic carbocycles. The molecule has 16 heavy (non-hydrogen) atoms. The predicted octanol–water partition coefficient (Wildman–Crippen LogP) is -0.432. The lowest BCUT2D eigenvalue weighted by atomic mass is 10.2. The zero-order chi connectivity index (χ0) is 11.8. The number of nitrogens with one attached hydrogen (secondary N) is 1. The van der Waals surface area contributed by atoms with Gasteiger partial charge in [-0.15, -0.1) is 0 Å².